The van der Waals surface area contributed by atoms with Gasteiger partial charge in [-0.05, 0) is 57.2 Å². The van der Waals surface area contributed by atoms with E-state index in [2.05, 4.69) is 10.0 Å². The Morgan fingerprint density at radius 2 is 1.70 bits per heavy atom. The van der Waals surface area contributed by atoms with Crippen molar-refractivity contribution in [3.63, 3.8) is 0 Å². The Labute approximate surface area is 168 Å². The maximum Gasteiger partial charge on any atom is 0.255 e. The van der Waals surface area contributed by atoms with Crippen molar-refractivity contribution in [2.45, 2.75) is 31.2 Å². The van der Waals surface area contributed by atoms with Gasteiger partial charge in [0, 0.05) is 16.8 Å². The first-order valence-corrected chi connectivity index (χ1v) is 10.2. The molecule has 6 nitrogen and oxygen atoms in total. The lowest BCUT2D eigenvalue weighted by Crippen LogP contribution is -2.40. The molecule has 0 aliphatic carbocycles. The van der Waals surface area contributed by atoms with Crippen LogP contribution in [0, 0.1) is 0 Å². The van der Waals surface area contributed by atoms with Gasteiger partial charge in [0.2, 0.25) is 10.0 Å². The Hall–Kier alpha value is -1.80. The van der Waals surface area contributed by atoms with Crippen LogP contribution in [0.2, 0.25) is 10.0 Å². The first kappa shape index (κ1) is 21.5. The molecule has 0 saturated carbocycles. The zero-order chi connectivity index (χ0) is 20.4. The highest BCUT2D eigenvalue weighted by Crippen LogP contribution is 2.28. The van der Waals surface area contributed by atoms with Crippen LogP contribution < -0.4 is 14.8 Å². The number of hydrogen-bond donors (Lipinski definition) is 2. The average Bonchev–Trinajstić information content (AvgIpc) is 2.55. The number of benzene rings is 2. The van der Waals surface area contributed by atoms with E-state index in [0.717, 1.165) is 0 Å². The SMILES string of the molecule is COc1ccc(C(=O)Nc2ccc(Cl)c(Cl)c2)cc1S(=O)(=O)NC(C)(C)C. The van der Waals surface area contributed by atoms with Gasteiger partial charge in [-0.25, -0.2) is 13.1 Å². The third-order valence-corrected chi connectivity index (χ3v) is 5.85. The third kappa shape index (κ3) is 5.59. The summed E-state index contributed by atoms with van der Waals surface area (Å²) in [7, 11) is -2.53. The van der Waals surface area contributed by atoms with Crippen molar-refractivity contribution in [3.05, 3.63) is 52.0 Å². The van der Waals surface area contributed by atoms with Crippen molar-refractivity contribution in [2.75, 3.05) is 12.4 Å². The summed E-state index contributed by atoms with van der Waals surface area (Å²) < 4.78 is 33.1. The molecule has 2 N–H and O–H groups in total. The quantitative estimate of drug-likeness (QED) is 0.738. The minimum Gasteiger partial charge on any atom is -0.495 e. The normalized spacial score (nSPS) is 11.9. The maximum atomic E-state index is 12.7. The minimum atomic E-state index is -3.90. The van der Waals surface area contributed by atoms with Crippen LogP contribution in [0.4, 0.5) is 5.69 Å². The van der Waals surface area contributed by atoms with Gasteiger partial charge in [-0.15, -0.1) is 0 Å². The summed E-state index contributed by atoms with van der Waals surface area (Å²) in [6.07, 6.45) is 0. The second-order valence-corrected chi connectivity index (χ2v) is 9.27. The van der Waals surface area contributed by atoms with Crippen LogP contribution in [0.5, 0.6) is 5.75 Å². The fraction of sp³-hybridized carbons (Fsp3) is 0.278. The third-order valence-electron chi connectivity index (χ3n) is 3.33. The van der Waals surface area contributed by atoms with Crippen LogP contribution in [-0.2, 0) is 10.0 Å². The largest absolute Gasteiger partial charge is 0.495 e. The van der Waals surface area contributed by atoms with E-state index in [1.807, 2.05) is 0 Å². The lowest BCUT2D eigenvalue weighted by atomic mass is 10.1. The number of halogens is 2. The van der Waals surface area contributed by atoms with E-state index < -0.39 is 21.5 Å². The van der Waals surface area contributed by atoms with E-state index in [0.29, 0.717) is 15.7 Å². The molecule has 2 rings (SSSR count). The van der Waals surface area contributed by atoms with E-state index in [1.54, 1.807) is 32.9 Å². The number of sulfonamides is 1. The van der Waals surface area contributed by atoms with Gasteiger partial charge in [0.25, 0.3) is 5.91 Å². The predicted octanol–water partition coefficient (Wildman–Crippen LogP) is 4.33. The zero-order valence-electron chi connectivity index (χ0n) is 15.3. The Bertz CT molecular complexity index is 970. The molecule has 0 aromatic heterocycles. The van der Waals surface area contributed by atoms with Gasteiger partial charge >= 0.3 is 0 Å². The van der Waals surface area contributed by atoms with Crippen molar-refractivity contribution in [1.82, 2.24) is 4.72 Å². The summed E-state index contributed by atoms with van der Waals surface area (Å²) in [6.45, 7) is 5.16. The lowest BCUT2D eigenvalue weighted by molar-refractivity contribution is 0.102. The van der Waals surface area contributed by atoms with Crippen molar-refractivity contribution >= 4 is 44.8 Å². The van der Waals surface area contributed by atoms with Crippen LogP contribution in [0.25, 0.3) is 0 Å². The molecule has 0 saturated heterocycles. The van der Waals surface area contributed by atoms with Gasteiger partial charge in [0.15, 0.2) is 0 Å². The van der Waals surface area contributed by atoms with Crippen LogP contribution >= 0.6 is 23.2 Å². The molecule has 27 heavy (non-hydrogen) atoms. The molecular formula is C18H20Cl2N2O4S. The van der Waals surface area contributed by atoms with Gasteiger partial charge in [-0.2, -0.15) is 0 Å². The molecule has 2 aromatic carbocycles. The summed E-state index contributed by atoms with van der Waals surface area (Å²) in [5, 5.41) is 3.31. The van der Waals surface area contributed by atoms with Crippen molar-refractivity contribution < 1.29 is 17.9 Å². The first-order chi connectivity index (χ1) is 12.4. The molecule has 0 fully saturated rings. The summed E-state index contributed by atoms with van der Waals surface area (Å²) in [4.78, 5) is 12.4. The molecule has 0 radical (unpaired) electrons. The van der Waals surface area contributed by atoms with Gasteiger partial charge in [0.1, 0.15) is 10.6 Å². The van der Waals surface area contributed by atoms with E-state index in [4.69, 9.17) is 27.9 Å². The lowest BCUT2D eigenvalue weighted by Gasteiger charge is -2.21. The minimum absolute atomic E-state index is 0.123. The molecule has 0 bridgehead atoms. The van der Waals surface area contributed by atoms with E-state index >= 15 is 0 Å². The number of nitrogens with one attached hydrogen (secondary N) is 2. The molecule has 0 spiro atoms. The molecule has 146 valence electrons. The number of carbonyl (C=O) groups excluding carboxylic acids is 1. The maximum absolute atomic E-state index is 12.7. The fourth-order valence-corrected chi connectivity index (χ4v) is 4.18. The fourth-order valence-electron chi connectivity index (χ4n) is 2.26. The molecule has 0 aliphatic heterocycles. The summed E-state index contributed by atoms with van der Waals surface area (Å²) in [6, 6.07) is 8.82. The van der Waals surface area contributed by atoms with Gasteiger partial charge < -0.3 is 10.1 Å². The molecule has 0 heterocycles. The van der Waals surface area contributed by atoms with Gasteiger partial charge in [-0.3, -0.25) is 4.79 Å². The van der Waals surface area contributed by atoms with E-state index in [1.165, 1.54) is 31.4 Å². The summed E-state index contributed by atoms with van der Waals surface area (Å²) in [5.74, 6) is -0.360. The number of ether oxygens (including phenoxy) is 1. The zero-order valence-corrected chi connectivity index (χ0v) is 17.6. The van der Waals surface area contributed by atoms with Gasteiger partial charge in [0.05, 0.1) is 17.2 Å². The molecular weight excluding hydrogens is 411 g/mol. The van der Waals surface area contributed by atoms with E-state index in [-0.39, 0.29) is 16.2 Å². The topological polar surface area (TPSA) is 84.5 Å². The number of anilines is 1. The molecule has 0 atom stereocenters. The second kappa shape index (κ2) is 8.06. The van der Waals surface area contributed by atoms with Crippen molar-refractivity contribution in [2.24, 2.45) is 0 Å². The van der Waals surface area contributed by atoms with E-state index in [9.17, 15) is 13.2 Å². The van der Waals surface area contributed by atoms with Crippen molar-refractivity contribution in [3.8, 4) is 5.75 Å². The average molecular weight is 431 g/mol. The highest BCUT2D eigenvalue weighted by molar-refractivity contribution is 7.89. The second-order valence-electron chi connectivity index (χ2n) is 6.80. The number of carbonyl (C=O) groups is 1. The first-order valence-electron chi connectivity index (χ1n) is 7.91. The number of hydrogen-bond acceptors (Lipinski definition) is 4. The smallest absolute Gasteiger partial charge is 0.255 e. The van der Waals surface area contributed by atoms with Gasteiger partial charge in [-0.1, -0.05) is 23.2 Å². The Balaban J connectivity index is 2.38. The Kier molecular flexibility index (Phi) is 6.42. The van der Waals surface area contributed by atoms with Crippen LogP contribution in [0.15, 0.2) is 41.3 Å². The number of methoxy groups -OCH3 is 1. The van der Waals surface area contributed by atoms with Crippen LogP contribution in [0.1, 0.15) is 31.1 Å². The number of amides is 1. The summed E-state index contributed by atoms with van der Waals surface area (Å²) in [5.41, 5.74) is -0.110. The van der Waals surface area contributed by atoms with Crippen molar-refractivity contribution in [1.29, 1.82) is 0 Å². The number of rotatable bonds is 5. The van der Waals surface area contributed by atoms with Crippen LogP contribution in [0.3, 0.4) is 0 Å². The molecule has 9 heteroatoms. The molecule has 0 unspecified atom stereocenters. The predicted molar refractivity (Wildman–Crippen MR) is 107 cm³/mol. The molecule has 2 aromatic rings. The highest BCUT2D eigenvalue weighted by Gasteiger charge is 2.26. The van der Waals surface area contributed by atoms with Crippen LogP contribution in [-0.4, -0.2) is 27.0 Å². The monoisotopic (exact) mass is 430 g/mol. The highest BCUT2D eigenvalue weighted by atomic mass is 35.5. The molecule has 1 amide bonds. The Morgan fingerprint density at radius 1 is 1.04 bits per heavy atom. The summed E-state index contributed by atoms with van der Waals surface area (Å²) >= 11 is 11.8. The Morgan fingerprint density at radius 3 is 2.26 bits per heavy atom. The molecule has 0 aliphatic rings. The standard InChI is InChI=1S/C18H20Cl2N2O4S/c1-18(2,3)22-27(24,25)16-9-11(5-8-15(16)26-4)17(23)21-12-6-7-13(19)14(20)10-12/h5-10,22H,1-4H3,(H,21,23).